The van der Waals surface area contributed by atoms with Crippen molar-refractivity contribution in [2.24, 2.45) is 0 Å². The number of amides is 2. The largest absolute Gasteiger partial charge is 1.00 e. The Bertz CT molecular complexity index is 1040. The fraction of sp³-hybridized carbons (Fsp3) is 0.400. The Morgan fingerprint density at radius 2 is 1.70 bits per heavy atom. The smallest absolute Gasteiger partial charge is 0.544 e. The second kappa shape index (κ2) is 14.0. The van der Waals surface area contributed by atoms with Gasteiger partial charge in [-0.15, -0.1) is 0 Å². The predicted molar refractivity (Wildman–Crippen MR) is 123 cm³/mol. The van der Waals surface area contributed by atoms with E-state index in [9.17, 15) is 34.8 Å². The number of aliphatic carboxylic acids is 1. The van der Waals surface area contributed by atoms with Crippen LogP contribution in [-0.2, 0) is 25.7 Å². The molecule has 12 heteroatoms. The third-order valence-corrected chi connectivity index (χ3v) is 5.81. The summed E-state index contributed by atoms with van der Waals surface area (Å²) in [6.45, 7) is 0.519. The van der Waals surface area contributed by atoms with E-state index in [0.717, 1.165) is 0 Å². The Hall–Kier alpha value is -2.35. The Balaban J connectivity index is 0.00000481. The van der Waals surface area contributed by atoms with Gasteiger partial charge in [0.25, 0.3) is 5.91 Å². The molecule has 1 aliphatic heterocycles. The van der Waals surface area contributed by atoms with E-state index < -0.39 is 67.0 Å². The Labute approximate surface area is 236 Å². The SMILES string of the molecule is CC(=O)N[C@H]1[C@H]([C@H](O)[C@H](O)CNC(=O)c2ccccc2)O[C@@](OCc2ccccc2)(C(=O)[O-])C[C@@H]1O.[Na+]. The summed E-state index contributed by atoms with van der Waals surface area (Å²) in [5, 5.41) is 49.2. The maximum absolute atomic E-state index is 12.3. The first-order valence-electron chi connectivity index (χ1n) is 11.3. The van der Waals surface area contributed by atoms with Crippen molar-refractivity contribution in [3.8, 4) is 0 Å². The summed E-state index contributed by atoms with van der Waals surface area (Å²) >= 11 is 0. The molecule has 11 nitrogen and oxygen atoms in total. The number of aliphatic hydroxyl groups excluding tert-OH is 3. The van der Waals surface area contributed by atoms with Gasteiger partial charge in [-0.1, -0.05) is 48.5 Å². The predicted octanol–water partition coefficient (Wildman–Crippen LogP) is -4.54. The average Bonchev–Trinajstić information content (AvgIpc) is 2.87. The van der Waals surface area contributed by atoms with Crippen LogP contribution >= 0.6 is 0 Å². The molecule has 0 bridgehead atoms. The number of carboxylic acids is 1. The number of hydrogen-bond acceptors (Lipinski definition) is 9. The van der Waals surface area contributed by atoms with Crippen LogP contribution in [0.3, 0.4) is 0 Å². The normalized spacial score (nSPS) is 24.7. The molecule has 1 saturated heterocycles. The minimum Gasteiger partial charge on any atom is -0.544 e. The number of ether oxygens (including phenoxy) is 2. The van der Waals surface area contributed by atoms with Gasteiger partial charge in [0.05, 0.1) is 24.9 Å². The second-order valence-corrected chi connectivity index (χ2v) is 8.53. The van der Waals surface area contributed by atoms with Crippen molar-refractivity contribution in [2.75, 3.05) is 6.54 Å². The van der Waals surface area contributed by atoms with Crippen LogP contribution in [0, 0.1) is 0 Å². The van der Waals surface area contributed by atoms with E-state index >= 15 is 0 Å². The van der Waals surface area contributed by atoms with E-state index in [-0.39, 0.29) is 36.2 Å². The van der Waals surface area contributed by atoms with Crippen molar-refractivity contribution in [2.45, 2.75) is 56.2 Å². The van der Waals surface area contributed by atoms with Gasteiger partial charge in [0.2, 0.25) is 11.7 Å². The van der Waals surface area contributed by atoms with E-state index in [4.69, 9.17) is 9.47 Å². The first kappa shape index (κ1) is 30.9. The van der Waals surface area contributed by atoms with Crippen molar-refractivity contribution in [1.82, 2.24) is 10.6 Å². The average molecular weight is 525 g/mol. The van der Waals surface area contributed by atoms with Gasteiger partial charge < -0.3 is 45.3 Å². The number of hydrogen-bond donors (Lipinski definition) is 5. The van der Waals surface area contributed by atoms with Crippen LogP contribution in [0.25, 0.3) is 0 Å². The van der Waals surface area contributed by atoms with Crippen LogP contribution in [0.2, 0.25) is 0 Å². The number of rotatable bonds is 10. The molecule has 1 heterocycles. The molecule has 2 amide bonds. The fourth-order valence-corrected chi connectivity index (χ4v) is 3.94. The molecule has 194 valence electrons. The summed E-state index contributed by atoms with van der Waals surface area (Å²) in [4.78, 5) is 36.1. The van der Waals surface area contributed by atoms with Gasteiger partial charge in [-0.25, -0.2) is 0 Å². The third-order valence-electron chi connectivity index (χ3n) is 5.81. The van der Waals surface area contributed by atoms with Crippen LogP contribution in [0.4, 0.5) is 0 Å². The topological polar surface area (TPSA) is 177 Å². The van der Waals surface area contributed by atoms with Gasteiger partial charge in [-0.05, 0) is 17.7 Å². The van der Waals surface area contributed by atoms with Crippen LogP contribution in [0.1, 0.15) is 29.3 Å². The standard InChI is InChI=1S/C25H30N2O9.Na/c1-15(28)27-20-18(29)12-25(24(33)34,35-14-16-8-4-2-5-9-16)36-22(20)21(31)19(30)13-26-23(32)17-10-6-3-7-11-17;/h2-11,18-22,29-31H,12-14H2,1H3,(H,26,32)(H,27,28)(H,33,34);/q;+1/p-1/t18-,19+,20+,21+,22+,25+;/m0./s1. The molecule has 0 aromatic heterocycles. The molecule has 1 fully saturated rings. The minimum absolute atomic E-state index is 0. The van der Waals surface area contributed by atoms with Crippen LogP contribution in [0.15, 0.2) is 60.7 Å². The van der Waals surface area contributed by atoms with Gasteiger partial charge in [-0.2, -0.15) is 0 Å². The van der Waals surface area contributed by atoms with Gasteiger partial charge in [-0.3, -0.25) is 9.59 Å². The molecule has 3 rings (SSSR count). The Kier molecular flexibility index (Phi) is 11.7. The minimum atomic E-state index is -2.48. The first-order chi connectivity index (χ1) is 17.1. The van der Waals surface area contributed by atoms with E-state index in [1.54, 1.807) is 60.7 Å². The molecule has 2 aromatic carbocycles. The summed E-state index contributed by atoms with van der Waals surface area (Å²) < 4.78 is 11.2. The monoisotopic (exact) mass is 524 g/mol. The Morgan fingerprint density at radius 1 is 1.11 bits per heavy atom. The van der Waals surface area contributed by atoms with Crippen molar-refractivity contribution < 1.29 is 73.8 Å². The molecule has 0 radical (unpaired) electrons. The molecule has 0 saturated carbocycles. The first-order valence-corrected chi connectivity index (χ1v) is 11.3. The molecule has 1 aliphatic rings. The molecule has 2 aromatic rings. The third kappa shape index (κ3) is 8.06. The van der Waals surface area contributed by atoms with Crippen molar-refractivity contribution >= 4 is 17.8 Å². The van der Waals surface area contributed by atoms with Crippen molar-refractivity contribution in [3.63, 3.8) is 0 Å². The van der Waals surface area contributed by atoms with Gasteiger partial charge in [0, 0.05) is 25.5 Å². The van der Waals surface area contributed by atoms with Crippen molar-refractivity contribution in [1.29, 1.82) is 0 Å². The molecular formula is C25H29N2NaO9. The number of carbonyl (C=O) groups excluding carboxylic acids is 3. The van der Waals surface area contributed by atoms with E-state index in [2.05, 4.69) is 10.6 Å². The van der Waals surface area contributed by atoms with E-state index in [1.807, 2.05) is 0 Å². The number of nitrogens with one attached hydrogen (secondary N) is 2. The summed E-state index contributed by atoms with van der Waals surface area (Å²) in [5.74, 6) is -5.39. The number of benzene rings is 2. The molecule has 0 spiro atoms. The summed E-state index contributed by atoms with van der Waals surface area (Å²) in [6, 6.07) is 15.5. The molecule has 6 atom stereocenters. The number of carbonyl (C=O) groups is 3. The summed E-state index contributed by atoms with van der Waals surface area (Å²) in [7, 11) is 0. The fourth-order valence-electron chi connectivity index (χ4n) is 3.94. The maximum Gasteiger partial charge on any atom is 1.00 e. The zero-order valence-corrected chi connectivity index (χ0v) is 22.6. The van der Waals surface area contributed by atoms with Crippen molar-refractivity contribution in [3.05, 3.63) is 71.8 Å². The van der Waals surface area contributed by atoms with Gasteiger partial charge in [0.15, 0.2) is 0 Å². The molecular weight excluding hydrogens is 495 g/mol. The quantitative estimate of drug-likeness (QED) is 0.192. The summed E-state index contributed by atoms with van der Waals surface area (Å²) in [5.41, 5.74) is 0.936. The number of carboxylic acid groups (broad SMARTS) is 1. The van der Waals surface area contributed by atoms with Crippen LogP contribution < -0.4 is 45.3 Å². The summed E-state index contributed by atoms with van der Waals surface area (Å²) in [6.07, 6.45) is -7.28. The molecule has 0 aliphatic carbocycles. The van der Waals surface area contributed by atoms with Crippen LogP contribution in [-0.4, -0.2) is 75.9 Å². The second-order valence-electron chi connectivity index (χ2n) is 8.53. The van der Waals surface area contributed by atoms with Gasteiger partial charge >= 0.3 is 29.6 Å². The molecule has 37 heavy (non-hydrogen) atoms. The van der Waals surface area contributed by atoms with Crippen LogP contribution in [0.5, 0.6) is 0 Å². The van der Waals surface area contributed by atoms with E-state index in [0.29, 0.717) is 11.1 Å². The van der Waals surface area contributed by atoms with E-state index in [1.165, 1.54) is 6.92 Å². The van der Waals surface area contributed by atoms with Gasteiger partial charge in [0.1, 0.15) is 18.2 Å². The zero-order chi connectivity index (χ0) is 26.3. The molecule has 5 N–H and O–H groups in total. The number of aliphatic hydroxyl groups is 3. The Morgan fingerprint density at radius 3 is 2.27 bits per heavy atom. The zero-order valence-electron chi connectivity index (χ0n) is 20.6. The maximum atomic E-state index is 12.3. The molecule has 0 unspecified atom stereocenters.